The number of carbonyl (C=O) groups excluding carboxylic acids is 4. The monoisotopic (exact) mass is 1320 g/mol. The van der Waals surface area contributed by atoms with Crippen molar-refractivity contribution in [2.45, 2.75) is 387 Å². The number of unbranched alkanes of at least 4 members (excludes halogenated alkanes) is 42. The van der Waals surface area contributed by atoms with Gasteiger partial charge in [0.1, 0.15) is 19.3 Å². The first-order valence-corrected chi connectivity index (χ1v) is 40.2. The van der Waals surface area contributed by atoms with Gasteiger partial charge in [0.05, 0.1) is 26.4 Å². The summed E-state index contributed by atoms with van der Waals surface area (Å²) in [6.07, 6.45) is 51.2. The molecule has 0 aliphatic heterocycles. The highest BCUT2D eigenvalue weighted by Gasteiger charge is 2.30. The minimum Gasteiger partial charge on any atom is -0.462 e. The Morgan fingerprint density at radius 2 is 0.533 bits per heavy atom. The third kappa shape index (κ3) is 63.5. The summed E-state index contributed by atoms with van der Waals surface area (Å²) in [6, 6.07) is 0. The van der Waals surface area contributed by atoms with Crippen LogP contribution in [0.5, 0.6) is 0 Å². The zero-order chi connectivity index (χ0) is 66.3. The Morgan fingerprint density at radius 3 is 0.789 bits per heavy atom. The predicted molar refractivity (Wildman–Crippen MR) is 363 cm³/mol. The first-order valence-electron chi connectivity index (χ1n) is 37.2. The second-order valence-electron chi connectivity index (χ2n) is 25.9. The van der Waals surface area contributed by atoms with Gasteiger partial charge < -0.3 is 33.8 Å². The van der Waals surface area contributed by atoms with Crippen molar-refractivity contribution in [2.75, 3.05) is 39.6 Å². The molecule has 0 saturated carbocycles. The molecule has 0 amide bonds. The maximum absolute atomic E-state index is 13.0. The van der Waals surface area contributed by atoms with E-state index in [0.717, 1.165) is 102 Å². The van der Waals surface area contributed by atoms with Gasteiger partial charge in [0.15, 0.2) is 12.2 Å². The first-order chi connectivity index (χ1) is 43.6. The van der Waals surface area contributed by atoms with Gasteiger partial charge in [-0.05, 0) is 31.6 Å². The molecule has 17 nitrogen and oxygen atoms in total. The van der Waals surface area contributed by atoms with Crippen LogP contribution >= 0.6 is 15.6 Å². The summed E-state index contributed by atoms with van der Waals surface area (Å²) >= 11 is 0. The molecule has 0 saturated heterocycles. The summed E-state index contributed by atoms with van der Waals surface area (Å²) in [5.41, 5.74) is 0. The Kier molecular flexibility index (Phi) is 63.0. The van der Waals surface area contributed by atoms with Gasteiger partial charge in [0.25, 0.3) is 0 Å². The highest BCUT2D eigenvalue weighted by Crippen LogP contribution is 2.45. The molecule has 534 valence electrons. The summed E-state index contributed by atoms with van der Waals surface area (Å²) in [5.74, 6) is -1.31. The molecule has 3 N–H and O–H groups in total. The van der Waals surface area contributed by atoms with Crippen LogP contribution in [0.15, 0.2) is 0 Å². The van der Waals surface area contributed by atoms with Crippen molar-refractivity contribution in [1.82, 2.24) is 0 Å². The van der Waals surface area contributed by atoms with Crippen LogP contribution in [-0.2, 0) is 65.4 Å². The minimum absolute atomic E-state index is 0.108. The van der Waals surface area contributed by atoms with Crippen molar-refractivity contribution in [3.05, 3.63) is 0 Å². The summed E-state index contributed by atoms with van der Waals surface area (Å²) in [5, 5.41) is 10.6. The Morgan fingerprint density at radius 1 is 0.311 bits per heavy atom. The molecule has 0 aliphatic rings. The van der Waals surface area contributed by atoms with Crippen molar-refractivity contribution >= 4 is 39.5 Å². The quantitative estimate of drug-likeness (QED) is 0.0222. The number of aliphatic hydroxyl groups excluding tert-OH is 1. The number of hydrogen-bond donors (Lipinski definition) is 3. The smallest absolute Gasteiger partial charge is 0.462 e. The highest BCUT2D eigenvalue weighted by atomic mass is 31.2. The van der Waals surface area contributed by atoms with Crippen molar-refractivity contribution < 1.29 is 80.2 Å². The zero-order valence-corrected chi connectivity index (χ0v) is 60.1. The fourth-order valence-corrected chi connectivity index (χ4v) is 12.4. The number of aliphatic hydroxyl groups is 1. The largest absolute Gasteiger partial charge is 0.472 e. The fourth-order valence-electron chi connectivity index (χ4n) is 10.8. The van der Waals surface area contributed by atoms with E-state index in [-0.39, 0.29) is 25.7 Å². The first kappa shape index (κ1) is 88.1. The van der Waals surface area contributed by atoms with Gasteiger partial charge in [-0.1, -0.05) is 317 Å². The molecule has 0 rings (SSSR count). The van der Waals surface area contributed by atoms with Crippen LogP contribution in [0.3, 0.4) is 0 Å². The van der Waals surface area contributed by atoms with Crippen LogP contribution in [0.25, 0.3) is 0 Å². The molecule has 0 fully saturated rings. The van der Waals surface area contributed by atoms with Gasteiger partial charge in [-0.25, -0.2) is 9.13 Å². The molecule has 0 spiro atoms. The zero-order valence-electron chi connectivity index (χ0n) is 58.3. The minimum atomic E-state index is -4.95. The summed E-state index contributed by atoms with van der Waals surface area (Å²) < 4.78 is 68.3. The van der Waals surface area contributed by atoms with E-state index in [1.165, 1.54) is 186 Å². The number of rotatable bonds is 71. The van der Waals surface area contributed by atoms with Crippen LogP contribution in [0.2, 0.25) is 0 Å². The molecule has 6 atom stereocenters. The van der Waals surface area contributed by atoms with Crippen molar-refractivity contribution in [1.29, 1.82) is 0 Å². The number of hydrogen-bond acceptors (Lipinski definition) is 15. The molecular formula is C71H138O17P2. The standard InChI is InChI=1S/C71H138O17P2/c1-6-10-13-16-19-22-24-26-27-29-31-37-42-47-52-57-71(76)88-67(61-82-69(74)55-50-45-40-35-33-32-34-38-43-48-53-64(5)9-4)63-86-90(79,80)84-59-65(72)58-83-89(77,78)85-62-66(60-81-68(73)54-49-44-39-21-18-15-12-8-3)87-70(75)56-51-46-41-36-30-28-25-23-20-17-14-11-7-2/h64-67,72H,6-63H2,1-5H3,(H,77,78)(H,79,80)/t64?,65-,66+,67+/m0/s1. The number of phosphoric acid groups is 2. The molecular weight excluding hydrogens is 1190 g/mol. The van der Waals surface area contributed by atoms with Gasteiger partial charge in [0.2, 0.25) is 0 Å². The van der Waals surface area contributed by atoms with E-state index in [2.05, 4.69) is 34.6 Å². The number of carbonyl (C=O) groups is 4. The van der Waals surface area contributed by atoms with Gasteiger partial charge in [-0.2, -0.15) is 0 Å². The molecule has 3 unspecified atom stereocenters. The second kappa shape index (κ2) is 64.4. The lowest BCUT2D eigenvalue weighted by molar-refractivity contribution is -0.161. The third-order valence-electron chi connectivity index (χ3n) is 16.9. The highest BCUT2D eigenvalue weighted by molar-refractivity contribution is 7.47. The lowest BCUT2D eigenvalue weighted by atomic mass is 9.99. The molecule has 0 radical (unpaired) electrons. The van der Waals surface area contributed by atoms with Crippen molar-refractivity contribution in [3.63, 3.8) is 0 Å². The summed E-state index contributed by atoms with van der Waals surface area (Å²) in [4.78, 5) is 72.5. The average Bonchev–Trinajstić information content (AvgIpc) is 3.74. The molecule has 90 heavy (non-hydrogen) atoms. The molecule has 0 aromatic heterocycles. The van der Waals surface area contributed by atoms with Crippen molar-refractivity contribution in [3.8, 4) is 0 Å². The molecule has 0 bridgehead atoms. The Bertz CT molecular complexity index is 1740. The third-order valence-corrected chi connectivity index (χ3v) is 18.8. The average molecular weight is 1330 g/mol. The van der Waals surface area contributed by atoms with Crippen LogP contribution < -0.4 is 0 Å². The Balaban J connectivity index is 5.23. The number of ether oxygens (including phenoxy) is 4. The van der Waals surface area contributed by atoms with Gasteiger partial charge in [0, 0.05) is 25.7 Å². The van der Waals surface area contributed by atoms with E-state index in [4.69, 9.17) is 37.0 Å². The van der Waals surface area contributed by atoms with Gasteiger partial charge in [-0.15, -0.1) is 0 Å². The van der Waals surface area contributed by atoms with E-state index >= 15 is 0 Å². The maximum Gasteiger partial charge on any atom is 0.472 e. The van der Waals surface area contributed by atoms with Crippen molar-refractivity contribution in [2.24, 2.45) is 5.92 Å². The molecule has 0 aromatic rings. The Labute approximate surface area is 549 Å². The summed E-state index contributed by atoms with van der Waals surface area (Å²) in [6.45, 7) is 7.27. The second-order valence-corrected chi connectivity index (χ2v) is 28.8. The van der Waals surface area contributed by atoms with E-state index < -0.39 is 97.5 Å². The van der Waals surface area contributed by atoms with Crippen LogP contribution in [0, 0.1) is 5.92 Å². The van der Waals surface area contributed by atoms with Crippen LogP contribution in [0.4, 0.5) is 0 Å². The van der Waals surface area contributed by atoms with E-state index in [1.54, 1.807) is 0 Å². The van der Waals surface area contributed by atoms with Gasteiger partial charge >= 0.3 is 39.5 Å². The van der Waals surface area contributed by atoms with Gasteiger partial charge in [-0.3, -0.25) is 37.3 Å². The molecule has 0 aliphatic carbocycles. The molecule has 19 heteroatoms. The normalized spacial score (nSPS) is 14.4. The fraction of sp³-hybridized carbons (Fsp3) is 0.944. The summed E-state index contributed by atoms with van der Waals surface area (Å²) in [7, 11) is -9.90. The maximum atomic E-state index is 13.0. The number of phosphoric ester groups is 2. The lowest BCUT2D eigenvalue weighted by Gasteiger charge is -2.21. The SMILES string of the molecule is CCCCCCCCCCCCCCCCCC(=O)O[C@H](COC(=O)CCCCCCCCCCCCC(C)CC)COP(=O)(O)OC[C@@H](O)COP(=O)(O)OC[C@@H](COC(=O)CCCCCCCCCC)OC(=O)CCCCCCCCCCCCCCC. The Hall–Kier alpha value is -1.94. The molecule has 0 aromatic carbocycles. The van der Waals surface area contributed by atoms with Crippen LogP contribution in [0.1, 0.15) is 369 Å². The van der Waals surface area contributed by atoms with E-state index in [9.17, 15) is 43.2 Å². The molecule has 0 heterocycles. The van der Waals surface area contributed by atoms with Crippen LogP contribution in [-0.4, -0.2) is 96.7 Å². The predicted octanol–water partition coefficient (Wildman–Crippen LogP) is 20.5. The topological polar surface area (TPSA) is 237 Å². The lowest BCUT2D eigenvalue weighted by Crippen LogP contribution is -2.30. The van der Waals surface area contributed by atoms with E-state index in [0.29, 0.717) is 25.7 Å². The van der Waals surface area contributed by atoms with E-state index in [1.807, 2.05) is 0 Å². The number of esters is 4.